The van der Waals surface area contributed by atoms with Gasteiger partial charge in [0.05, 0.1) is 6.61 Å². The van der Waals surface area contributed by atoms with E-state index < -0.39 is 0 Å². The second-order valence-electron chi connectivity index (χ2n) is 4.71. The molecule has 2 rings (SSSR count). The van der Waals surface area contributed by atoms with E-state index in [1.807, 2.05) is 6.07 Å². The molecule has 17 heavy (non-hydrogen) atoms. The van der Waals surface area contributed by atoms with Gasteiger partial charge in [-0.1, -0.05) is 6.58 Å². The zero-order valence-corrected chi connectivity index (χ0v) is 10.2. The summed E-state index contributed by atoms with van der Waals surface area (Å²) < 4.78 is 18.2. The fourth-order valence-electron chi connectivity index (χ4n) is 2.63. The van der Waals surface area contributed by atoms with Crippen molar-refractivity contribution in [2.24, 2.45) is 5.92 Å². The molecule has 1 aliphatic carbocycles. The summed E-state index contributed by atoms with van der Waals surface area (Å²) in [4.78, 5) is 3.59. The van der Waals surface area contributed by atoms with Crippen LogP contribution in [0.3, 0.4) is 0 Å². The van der Waals surface area contributed by atoms with E-state index >= 15 is 0 Å². The Labute approximate surface area is 102 Å². The van der Waals surface area contributed by atoms with Crippen LogP contribution >= 0.6 is 0 Å². The molecule has 1 aromatic rings. The van der Waals surface area contributed by atoms with E-state index in [2.05, 4.69) is 11.6 Å². The maximum atomic E-state index is 13.0. The van der Waals surface area contributed by atoms with Crippen molar-refractivity contribution >= 4 is 0 Å². The molecule has 1 saturated carbocycles. The summed E-state index contributed by atoms with van der Waals surface area (Å²) in [5.41, 5.74) is 2.22. The predicted octanol–water partition coefficient (Wildman–Crippen LogP) is 3.31. The summed E-state index contributed by atoms with van der Waals surface area (Å²) in [6, 6.07) is 3.46. The quantitative estimate of drug-likeness (QED) is 0.590. The first-order valence-electron chi connectivity index (χ1n) is 5.98. The Bertz CT molecular complexity index is 405. The number of ether oxygens (including phenoxy) is 1. The smallest absolute Gasteiger partial charge is 0.213 e. The molecule has 0 spiro atoms. The van der Waals surface area contributed by atoms with Gasteiger partial charge >= 0.3 is 0 Å². The van der Waals surface area contributed by atoms with Gasteiger partial charge < -0.3 is 4.74 Å². The lowest BCUT2D eigenvalue weighted by molar-refractivity contribution is 0.216. The maximum absolute atomic E-state index is 13.0. The van der Waals surface area contributed by atoms with Crippen molar-refractivity contribution in [1.82, 2.24) is 4.98 Å². The molecule has 3 heteroatoms. The van der Waals surface area contributed by atoms with Gasteiger partial charge in [-0.15, -0.1) is 0 Å². The van der Waals surface area contributed by atoms with Crippen LogP contribution in [0.25, 0.3) is 0 Å². The molecule has 0 radical (unpaired) electrons. The Morgan fingerprint density at radius 3 is 3.12 bits per heavy atom. The minimum Gasteiger partial charge on any atom is -0.380 e. The normalized spacial score (nSPS) is 23.9. The van der Waals surface area contributed by atoms with E-state index in [9.17, 15) is 4.39 Å². The highest BCUT2D eigenvalue weighted by atomic mass is 19.1. The summed E-state index contributed by atoms with van der Waals surface area (Å²) in [5.74, 6) is 0.559. The average Bonchev–Trinajstić information content (AvgIpc) is 2.78. The Kier molecular flexibility index (Phi) is 3.89. The summed E-state index contributed by atoms with van der Waals surface area (Å²) in [6.07, 6.45) is 4.81. The third-order valence-corrected chi connectivity index (χ3v) is 3.56. The number of rotatable bonds is 4. The second kappa shape index (κ2) is 5.41. The van der Waals surface area contributed by atoms with Crippen molar-refractivity contribution in [2.45, 2.75) is 25.2 Å². The summed E-state index contributed by atoms with van der Waals surface area (Å²) in [6.45, 7) is 4.69. The maximum Gasteiger partial charge on any atom is 0.213 e. The van der Waals surface area contributed by atoms with E-state index in [0.717, 1.165) is 30.4 Å². The molecule has 1 aromatic heterocycles. The molecule has 92 valence electrons. The SMILES string of the molecule is C=C(COC)[C@@H]1CC[C@H](c2ccnc(F)c2)C1. The standard InChI is InChI=1S/C14H18FNO/c1-10(9-17-2)11-3-4-12(7-11)13-5-6-16-14(15)8-13/h5-6,8,11-12H,1,3-4,7,9H2,2H3/t11-,12+/m1/s1. The van der Waals surface area contributed by atoms with Gasteiger partial charge in [0.1, 0.15) is 0 Å². The van der Waals surface area contributed by atoms with Crippen LogP contribution < -0.4 is 0 Å². The van der Waals surface area contributed by atoms with Crippen molar-refractivity contribution in [2.75, 3.05) is 13.7 Å². The first kappa shape index (κ1) is 12.2. The highest BCUT2D eigenvalue weighted by Gasteiger charge is 2.27. The van der Waals surface area contributed by atoms with Crippen molar-refractivity contribution < 1.29 is 9.13 Å². The van der Waals surface area contributed by atoms with Crippen molar-refractivity contribution in [3.05, 3.63) is 42.0 Å². The Morgan fingerprint density at radius 2 is 2.41 bits per heavy atom. The molecular weight excluding hydrogens is 217 g/mol. The molecule has 2 atom stereocenters. The molecule has 0 bridgehead atoms. The summed E-state index contributed by atoms with van der Waals surface area (Å²) in [5, 5.41) is 0. The minimum absolute atomic E-state index is 0.387. The topological polar surface area (TPSA) is 22.1 Å². The van der Waals surface area contributed by atoms with E-state index in [1.165, 1.54) is 0 Å². The first-order valence-corrected chi connectivity index (χ1v) is 5.98. The largest absolute Gasteiger partial charge is 0.380 e. The van der Waals surface area contributed by atoms with Gasteiger partial charge in [-0.2, -0.15) is 4.39 Å². The predicted molar refractivity (Wildman–Crippen MR) is 65.3 cm³/mol. The monoisotopic (exact) mass is 235 g/mol. The van der Waals surface area contributed by atoms with Crippen LogP contribution in [0.1, 0.15) is 30.7 Å². The Hall–Kier alpha value is -1.22. The number of hydrogen-bond acceptors (Lipinski definition) is 2. The molecule has 0 saturated heterocycles. The second-order valence-corrected chi connectivity index (χ2v) is 4.71. The van der Waals surface area contributed by atoms with Gasteiger partial charge in [0.25, 0.3) is 0 Å². The van der Waals surface area contributed by atoms with Crippen molar-refractivity contribution in [3.8, 4) is 0 Å². The lowest BCUT2D eigenvalue weighted by atomic mass is 9.94. The number of pyridine rings is 1. The van der Waals surface area contributed by atoms with E-state index in [-0.39, 0.29) is 5.95 Å². The molecule has 1 aliphatic rings. The zero-order valence-electron chi connectivity index (χ0n) is 10.2. The fourth-order valence-corrected chi connectivity index (χ4v) is 2.63. The van der Waals surface area contributed by atoms with Crippen LogP contribution in [0, 0.1) is 11.9 Å². The molecule has 0 aromatic carbocycles. The van der Waals surface area contributed by atoms with E-state index in [1.54, 1.807) is 19.4 Å². The summed E-state index contributed by atoms with van der Waals surface area (Å²) in [7, 11) is 1.69. The molecule has 0 aliphatic heterocycles. The molecule has 0 N–H and O–H groups in total. The van der Waals surface area contributed by atoms with Crippen LogP contribution in [0.15, 0.2) is 30.5 Å². The molecule has 0 amide bonds. The first-order chi connectivity index (χ1) is 8.20. The van der Waals surface area contributed by atoms with Crippen LogP contribution in [-0.2, 0) is 4.74 Å². The molecule has 2 nitrogen and oxygen atoms in total. The van der Waals surface area contributed by atoms with Crippen LogP contribution in [-0.4, -0.2) is 18.7 Å². The van der Waals surface area contributed by atoms with Gasteiger partial charge in [0, 0.05) is 13.3 Å². The molecule has 1 fully saturated rings. The van der Waals surface area contributed by atoms with Crippen LogP contribution in [0.5, 0.6) is 0 Å². The minimum atomic E-state index is -0.387. The van der Waals surface area contributed by atoms with Gasteiger partial charge in [-0.3, -0.25) is 0 Å². The highest BCUT2D eigenvalue weighted by Crippen LogP contribution is 2.41. The van der Waals surface area contributed by atoms with Gasteiger partial charge in [0.15, 0.2) is 0 Å². The summed E-state index contributed by atoms with van der Waals surface area (Å²) >= 11 is 0. The van der Waals surface area contributed by atoms with Crippen molar-refractivity contribution in [3.63, 3.8) is 0 Å². The van der Waals surface area contributed by atoms with E-state index in [4.69, 9.17) is 4.74 Å². The number of hydrogen-bond donors (Lipinski definition) is 0. The molecule has 0 unspecified atom stereocenters. The number of nitrogens with zero attached hydrogens (tertiary/aromatic N) is 1. The Balaban J connectivity index is 2.00. The zero-order chi connectivity index (χ0) is 12.3. The molecular formula is C14H18FNO. The number of halogens is 1. The Morgan fingerprint density at radius 1 is 1.59 bits per heavy atom. The average molecular weight is 235 g/mol. The van der Waals surface area contributed by atoms with Gasteiger partial charge in [-0.25, -0.2) is 4.98 Å². The third kappa shape index (κ3) is 2.91. The lowest BCUT2D eigenvalue weighted by Gasteiger charge is -2.13. The lowest BCUT2D eigenvalue weighted by Crippen LogP contribution is -2.04. The molecule has 1 heterocycles. The number of aromatic nitrogens is 1. The van der Waals surface area contributed by atoms with Gasteiger partial charge in [0.2, 0.25) is 5.95 Å². The van der Waals surface area contributed by atoms with E-state index in [0.29, 0.717) is 18.4 Å². The number of methoxy groups -OCH3 is 1. The highest BCUT2D eigenvalue weighted by molar-refractivity contribution is 5.20. The fraction of sp³-hybridized carbons (Fsp3) is 0.500. The van der Waals surface area contributed by atoms with Crippen molar-refractivity contribution in [1.29, 1.82) is 0 Å². The van der Waals surface area contributed by atoms with Gasteiger partial charge in [-0.05, 0) is 54.4 Å². The van der Waals surface area contributed by atoms with Crippen LogP contribution in [0.2, 0.25) is 0 Å². The third-order valence-electron chi connectivity index (χ3n) is 3.56. The van der Waals surface area contributed by atoms with Crippen LogP contribution in [0.4, 0.5) is 4.39 Å².